The van der Waals surface area contributed by atoms with Gasteiger partial charge in [0.05, 0.1) is 11.1 Å². The first-order valence-corrected chi connectivity index (χ1v) is 7.94. The van der Waals surface area contributed by atoms with Crippen LogP contribution < -0.4 is 0 Å². The van der Waals surface area contributed by atoms with Crippen molar-refractivity contribution in [3.8, 4) is 5.69 Å². The van der Waals surface area contributed by atoms with Gasteiger partial charge < -0.3 is 0 Å². The number of halogens is 3. The predicted molar refractivity (Wildman–Crippen MR) is 90.5 cm³/mol. The van der Waals surface area contributed by atoms with Crippen molar-refractivity contribution in [3.63, 3.8) is 0 Å². The van der Waals surface area contributed by atoms with E-state index in [1.54, 1.807) is 12.3 Å². The molecule has 1 aromatic carbocycles. The van der Waals surface area contributed by atoms with Gasteiger partial charge in [-0.1, -0.05) is 0 Å². The number of alkyl halides is 1. The van der Waals surface area contributed by atoms with Crippen LogP contribution in [-0.2, 0) is 0 Å². The van der Waals surface area contributed by atoms with Gasteiger partial charge in [0.25, 0.3) is 0 Å². The second-order valence-electron chi connectivity index (χ2n) is 4.82. The molecule has 0 aliphatic carbocycles. The smallest absolute Gasteiger partial charge is 0.165 e. The van der Waals surface area contributed by atoms with E-state index < -0.39 is 0 Å². The van der Waals surface area contributed by atoms with Crippen LogP contribution in [0.2, 0.25) is 0 Å². The van der Waals surface area contributed by atoms with Gasteiger partial charge >= 0.3 is 0 Å². The number of aromatic nitrogens is 3. The third-order valence-electron chi connectivity index (χ3n) is 3.28. The first-order valence-electron chi connectivity index (χ1n) is 6.42. The van der Waals surface area contributed by atoms with Gasteiger partial charge in [0.1, 0.15) is 17.2 Å². The molecule has 2 heterocycles. The molecule has 0 spiro atoms. The maximum Gasteiger partial charge on any atom is 0.165 e. The van der Waals surface area contributed by atoms with E-state index in [2.05, 4.69) is 32.6 Å². The van der Waals surface area contributed by atoms with Crippen molar-refractivity contribution >= 4 is 45.4 Å². The Hall–Kier alpha value is -1.21. The Kier molecular flexibility index (Phi) is 3.88. The van der Waals surface area contributed by atoms with Crippen LogP contribution in [0, 0.1) is 16.3 Å². The third kappa shape index (κ3) is 2.53. The van der Waals surface area contributed by atoms with Crippen LogP contribution in [0.4, 0.5) is 4.39 Å². The molecular formula is C15H12ClFIN3. The minimum atomic E-state index is -0.278. The SMILES string of the molecule is Cc1ccnc2c1nc(C(C)Cl)n2-c1ccc(F)cc1I. The predicted octanol–water partition coefficient (Wildman–Crippen LogP) is 4.77. The third-order valence-corrected chi connectivity index (χ3v) is 4.34. The second kappa shape index (κ2) is 5.53. The lowest BCUT2D eigenvalue weighted by molar-refractivity contribution is 0.626. The van der Waals surface area contributed by atoms with Crippen molar-refractivity contribution in [2.75, 3.05) is 0 Å². The highest BCUT2D eigenvalue weighted by Gasteiger charge is 2.19. The van der Waals surface area contributed by atoms with E-state index in [1.165, 1.54) is 12.1 Å². The summed E-state index contributed by atoms with van der Waals surface area (Å²) < 4.78 is 16.0. The summed E-state index contributed by atoms with van der Waals surface area (Å²) >= 11 is 8.39. The first-order chi connectivity index (χ1) is 9.99. The fourth-order valence-electron chi connectivity index (χ4n) is 2.28. The highest BCUT2D eigenvalue weighted by atomic mass is 127. The van der Waals surface area contributed by atoms with Gasteiger partial charge in [0.2, 0.25) is 0 Å². The standard InChI is InChI=1S/C15H12ClFIN3/c1-8-5-6-19-15-13(8)20-14(9(2)16)21(15)12-4-3-10(17)7-11(12)18/h3-7,9H,1-2H3. The average Bonchev–Trinajstić information content (AvgIpc) is 2.80. The average molecular weight is 416 g/mol. The molecular weight excluding hydrogens is 404 g/mol. The molecule has 2 aromatic heterocycles. The molecule has 0 radical (unpaired) electrons. The van der Waals surface area contributed by atoms with E-state index in [0.717, 1.165) is 26.0 Å². The summed E-state index contributed by atoms with van der Waals surface area (Å²) in [7, 11) is 0. The topological polar surface area (TPSA) is 30.7 Å². The van der Waals surface area contributed by atoms with E-state index in [1.807, 2.05) is 24.5 Å². The molecule has 0 fully saturated rings. The molecule has 21 heavy (non-hydrogen) atoms. The van der Waals surface area contributed by atoms with E-state index in [4.69, 9.17) is 11.6 Å². The largest absolute Gasteiger partial charge is 0.278 e. The molecule has 0 N–H and O–H groups in total. The van der Waals surface area contributed by atoms with Crippen LogP contribution in [0.3, 0.4) is 0 Å². The number of hydrogen-bond acceptors (Lipinski definition) is 2. The number of imidazole rings is 1. The number of rotatable bonds is 2. The normalized spacial score (nSPS) is 12.8. The maximum atomic E-state index is 13.4. The lowest BCUT2D eigenvalue weighted by Gasteiger charge is -2.12. The van der Waals surface area contributed by atoms with Gasteiger partial charge in [-0.2, -0.15) is 0 Å². The van der Waals surface area contributed by atoms with Gasteiger partial charge in [-0.25, -0.2) is 14.4 Å². The Morgan fingerprint density at radius 1 is 1.33 bits per heavy atom. The number of nitrogens with zero attached hydrogens (tertiary/aromatic N) is 3. The van der Waals surface area contributed by atoms with E-state index >= 15 is 0 Å². The quantitative estimate of drug-likeness (QED) is 0.446. The fraction of sp³-hybridized carbons (Fsp3) is 0.200. The van der Waals surface area contributed by atoms with Gasteiger partial charge in [0, 0.05) is 9.77 Å². The molecule has 0 amide bonds. The number of fused-ring (bicyclic) bond motifs is 1. The molecule has 3 nitrogen and oxygen atoms in total. The van der Waals surface area contributed by atoms with E-state index in [-0.39, 0.29) is 11.2 Å². The van der Waals surface area contributed by atoms with Crippen molar-refractivity contribution in [1.82, 2.24) is 14.5 Å². The molecule has 0 saturated heterocycles. The summed E-state index contributed by atoms with van der Waals surface area (Å²) in [5.74, 6) is 0.440. The maximum absolute atomic E-state index is 13.4. The molecule has 3 aromatic rings. The zero-order valence-corrected chi connectivity index (χ0v) is 14.4. The van der Waals surface area contributed by atoms with Gasteiger partial charge in [-0.05, 0) is 66.3 Å². The van der Waals surface area contributed by atoms with Crippen molar-refractivity contribution in [1.29, 1.82) is 0 Å². The van der Waals surface area contributed by atoms with E-state index in [9.17, 15) is 4.39 Å². The van der Waals surface area contributed by atoms with Gasteiger partial charge in [-0.3, -0.25) is 4.57 Å². The van der Waals surface area contributed by atoms with E-state index in [0.29, 0.717) is 5.82 Å². The molecule has 0 bridgehead atoms. The first kappa shape index (κ1) is 14.7. The Labute approximate surface area is 140 Å². The van der Waals surface area contributed by atoms with Crippen molar-refractivity contribution in [3.05, 3.63) is 51.2 Å². The molecule has 1 atom stereocenters. The number of benzene rings is 1. The van der Waals surface area contributed by atoms with Crippen LogP contribution in [0.5, 0.6) is 0 Å². The lowest BCUT2D eigenvalue weighted by Crippen LogP contribution is -2.04. The van der Waals surface area contributed by atoms with Crippen molar-refractivity contribution < 1.29 is 4.39 Å². The highest BCUT2D eigenvalue weighted by Crippen LogP contribution is 2.30. The lowest BCUT2D eigenvalue weighted by atomic mass is 10.2. The Bertz CT molecular complexity index is 829. The number of hydrogen-bond donors (Lipinski definition) is 0. The summed E-state index contributed by atoms with van der Waals surface area (Å²) in [6.07, 6.45) is 1.74. The van der Waals surface area contributed by atoms with Gasteiger partial charge in [0.15, 0.2) is 5.65 Å². The Balaban J connectivity index is 2.39. The zero-order valence-electron chi connectivity index (χ0n) is 11.4. The van der Waals surface area contributed by atoms with Crippen molar-refractivity contribution in [2.24, 2.45) is 0 Å². The molecule has 0 aliphatic heterocycles. The second-order valence-corrected chi connectivity index (χ2v) is 6.63. The van der Waals surface area contributed by atoms with Crippen LogP contribution in [0.25, 0.3) is 16.9 Å². The monoisotopic (exact) mass is 415 g/mol. The van der Waals surface area contributed by atoms with Crippen LogP contribution in [-0.4, -0.2) is 14.5 Å². The van der Waals surface area contributed by atoms with Gasteiger partial charge in [-0.15, -0.1) is 11.6 Å². The van der Waals surface area contributed by atoms with Crippen molar-refractivity contribution in [2.45, 2.75) is 19.2 Å². The molecule has 0 saturated carbocycles. The molecule has 6 heteroatoms. The Morgan fingerprint density at radius 2 is 2.10 bits per heavy atom. The van der Waals surface area contributed by atoms with Crippen LogP contribution >= 0.6 is 34.2 Å². The molecule has 1 unspecified atom stereocenters. The fourth-order valence-corrected chi connectivity index (χ4v) is 3.14. The summed E-state index contributed by atoms with van der Waals surface area (Å²) in [5.41, 5.74) is 3.43. The zero-order chi connectivity index (χ0) is 15.1. The van der Waals surface area contributed by atoms with Crippen LogP contribution in [0.1, 0.15) is 23.7 Å². The summed E-state index contributed by atoms with van der Waals surface area (Å²) in [5, 5.41) is -0.278. The minimum Gasteiger partial charge on any atom is -0.278 e. The minimum absolute atomic E-state index is 0.266. The molecule has 0 aliphatic rings. The highest BCUT2D eigenvalue weighted by molar-refractivity contribution is 14.1. The summed E-state index contributed by atoms with van der Waals surface area (Å²) in [6, 6.07) is 6.56. The number of aryl methyl sites for hydroxylation is 1. The summed E-state index contributed by atoms with van der Waals surface area (Å²) in [4.78, 5) is 9.05. The molecule has 3 rings (SSSR count). The van der Waals surface area contributed by atoms with Crippen LogP contribution in [0.15, 0.2) is 30.5 Å². The summed E-state index contributed by atoms with van der Waals surface area (Å²) in [6.45, 7) is 3.85. The Morgan fingerprint density at radius 3 is 2.76 bits per heavy atom. The number of pyridine rings is 1. The molecule has 108 valence electrons.